The number of carbonyl (C=O) groups is 2. The van der Waals surface area contributed by atoms with E-state index in [9.17, 15) is 23.9 Å². The molecule has 0 aromatic carbocycles. The van der Waals surface area contributed by atoms with Crippen LogP contribution in [-0.4, -0.2) is 31.3 Å². The van der Waals surface area contributed by atoms with Crippen LogP contribution in [0.25, 0.3) is 0 Å². The molecule has 0 aliphatic carbocycles. The number of unbranched alkanes of at least 4 members (excludes halogenated alkanes) is 8. The molecule has 8 nitrogen and oxygen atoms in total. The van der Waals surface area contributed by atoms with Crippen molar-refractivity contribution in [3.63, 3.8) is 0 Å². The number of hydrogen-bond acceptors (Lipinski definition) is 8. The fourth-order valence-corrected chi connectivity index (χ4v) is 3.13. The van der Waals surface area contributed by atoms with Crippen molar-refractivity contribution in [1.82, 2.24) is 0 Å². The van der Waals surface area contributed by atoms with Crippen LogP contribution >= 0.6 is 7.82 Å². The fourth-order valence-electron chi connectivity index (χ4n) is 2.78. The molecule has 0 rings (SSSR count). The van der Waals surface area contributed by atoms with Crippen LogP contribution < -0.4 is 68.9 Å². The Morgan fingerprint density at radius 3 is 1.62 bits per heavy atom. The minimum absolute atomic E-state index is 0. The average molecular weight is 609 g/mol. The van der Waals surface area contributed by atoms with Crippen molar-refractivity contribution in [3.05, 3.63) is 0 Å². The van der Waals surface area contributed by atoms with Gasteiger partial charge in [-0.15, -0.1) is 0 Å². The summed E-state index contributed by atoms with van der Waals surface area (Å²) in [5, 5.41) is 0. The van der Waals surface area contributed by atoms with E-state index in [0.717, 1.165) is 19.3 Å². The normalized spacial score (nSPS) is 9.14. The molecule has 0 spiro atoms. The van der Waals surface area contributed by atoms with Gasteiger partial charge in [-0.2, -0.15) is 0 Å². The van der Waals surface area contributed by atoms with E-state index in [1.54, 1.807) is 6.92 Å². The molecule has 0 fully saturated rings. The molecular formula is C31H31Na2O8P. The van der Waals surface area contributed by atoms with Gasteiger partial charge in [-0.3, -0.25) is 4.79 Å². The third-order valence-corrected chi connectivity index (χ3v) is 5.04. The van der Waals surface area contributed by atoms with Gasteiger partial charge in [0.25, 0.3) is 0 Å². The smallest absolute Gasteiger partial charge is 0.790 e. The average Bonchev–Trinajstić information content (AvgIpc) is 2.91. The summed E-state index contributed by atoms with van der Waals surface area (Å²) in [6.45, 7) is 2.49. The topological polar surface area (TPSA) is 125 Å². The summed E-state index contributed by atoms with van der Waals surface area (Å²) in [7, 11) is -5.32. The molecule has 11 heteroatoms. The second-order valence-electron chi connectivity index (χ2n) is 7.91. The van der Waals surface area contributed by atoms with E-state index in [1.165, 1.54) is 32.1 Å². The first kappa shape index (κ1) is 44.4. The second kappa shape index (κ2) is 31.9. The third-order valence-electron chi connectivity index (χ3n) is 4.58. The SMILES string of the molecule is CC#CC#CC#CC#CC#CC#CC#CC(=O)OC[C@@H](COP(=O)([O-])[O-])OC(=O)CCCCCCCCCCC.[Na+].[Na+]. The maximum atomic E-state index is 12.1. The Hall–Kier alpha value is -2.03. The molecule has 0 saturated carbocycles. The van der Waals surface area contributed by atoms with Crippen LogP contribution in [0.2, 0.25) is 0 Å². The minimum Gasteiger partial charge on any atom is -0.790 e. The van der Waals surface area contributed by atoms with Gasteiger partial charge in [0.05, 0.1) is 14.4 Å². The Morgan fingerprint density at radius 1 is 0.690 bits per heavy atom. The molecule has 0 aliphatic heterocycles. The molecule has 0 aromatic rings. The molecule has 0 aromatic heterocycles. The Labute approximate surface area is 294 Å². The number of carbonyl (C=O) groups excluding carboxylic acids is 2. The number of esters is 2. The van der Waals surface area contributed by atoms with Crippen LogP contribution in [0.15, 0.2) is 0 Å². The largest absolute Gasteiger partial charge is 1.00 e. The van der Waals surface area contributed by atoms with Gasteiger partial charge < -0.3 is 28.3 Å². The first-order chi connectivity index (χ1) is 19.3. The maximum Gasteiger partial charge on any atom is 1.00 e. The van der Waals surface area contributed by atoms with Crippen molar-refractivity contribution in [2.75, 3.05) is 13.2 Å². The van der Waals surface area contributed by atoms with E-state index in [2.05, 4.69) is 94.3 Å². The summed E-state index contributed by atoms with van der Waals surface area (Å²) in [6.07, 6.45) is 8.41. The fraction of sp³-hybridized carbons (Fsp3) is 0.484. The zero-order chi connectivity index (χ0) is 29.7. The predicted octanol–water partition coefficient (Wildman–Crippen LogP) is -3.74. The van der Waals surface area contributed by atoms with Gasteiger partial charge in [-0.25, -0.2) is 4.79 Å². The summed E-state index contributed by atoms with van der Waals surface area (Å²) in [5.74, 6) is 32.0. The molecular weight excluding hydrogens is 577 g/mol. The monoisotopic (exact) mass is 608 g/mol. The molecule has 210 valence electrons. The zero-order valence-corrected chi connectivity index (χ0v) is 29.7. The molecule has 0 heterocycles. The van der Waals surface area contributed by atoms with E-state index in [4.69, 9.17) is 9.47 Å². The third kappa shape index (κ3) is 34.2. The number of rotatable bonds is 16. The van der Waals surface area contributed by atoms with Crippen LogP contribution in [0.5, 0.6) is 0 Å². The number of hydrogen-bond donors (Lipinski definition) is 0. The molecule has 0 amide bonds. The maximum absolute atomic E-state index is 12.1. The van der Waals surface area contributed by atoms with Gasteiger partial charge in [-0.1, -0.05) is 64.2 Å². The van der Waals surface area contributed by atoms with E-state index in [1.807, 2.05) is 0 Å². The van der Waals surface area contributed by atoms with Crippen molar-refractivity contribution < 1.29 is 97.1 Å². The quantitative estimate of drug-likeness (QED) is 0.0438. The van der Waals surface area contributed by atoms with Gasteiger partial charge in [-0.05, 0) is 84.4 Å². The Balaban J connectivity index is -0.00000760. The molecule has 42 heavy (non-hydrogen) atoms. The van der Waals surface area contributed by atoms with Crippen molar-refractivity contribution in [3.8, 4) is 82.9 Å². The molecule has 0 saturated heterocycles. The standard InChI is InChI=1S/C31H33O8P.2Na/c1-3-5-7-9-11-13-14-15-16-18-19-21-23-25-30(32)37-27-29(28-38-40(34,35)36)39-31(33)26-24-22-20-17-12-10-8-6-4-2;;/h29H,4,6,8,10,12,17,20,22,24,26-28H2,1-2H3,(H2,34,35,36);;/q;2*+1/p-2/t29-;;/m0../s1. The first-order valence-electron chi connectivity index (χ1n) is 12.7. The summed E-state index contributed by atoms with van der Waals surface area (Å²) in [4.78, 5) is 45.5. The van der Waals surface area contributed by atoms with Crippen molar-refractivity contribution in [2.45, 2.75) is 84.2 Å². The van der Waals surface area contributed by atoms with Gasteiger partial charge in [0.1, 0.15) is 6.61 Å². The second-order valence-corrected chi connectivity index (χ2v) is 9.06. The van der Waals surface area contributed by atoms with E-state index in [0.29, 0.717) is 6.42 Å². The van der Waals surface area contributed by atoms with Gasteiger partial charge >= 0.3 is 71.1 Å². The number of phosphoric acid groups is 1. The van der Waals surface area contributed by atoms with Gasteiger partial charge in [0, 0.05) is 12.3 Å². The molecule has 0 N–H and O–H groups in total. The summed E-state index contributed by atoms with van der Waals surface area (Å²) in [5.41, 5.74) is 0. The van der Waals surface area contributed by atoms with E-state index < -0.39 is 39.1 Å². The van der Waals surface area contributed by atoms with Crippen molar-refractivity contribution >= 4 is 19.8 Å². The Morgan fingerprint density at radius 2 is 1.14 bits per heavy atom. The van der Waals surface area contributed by atoms with E-state index in [-0.39, 0.29) is 65.5 Å². The summed E-state index contributed by atoms with van der Waals surface area (Å²) < 4.78 is 24.9. The summed E-state index contributed by atoms with van der Waals surface area (Å²) >= 11 is 0. The molecule has 0 radical (unpaired) electrons. The summed E-state index contributed by atoms with van der Waals surface area (Å²) in [6, 6.07) is 0. The predicted molar refractivity (Wildman–Crippen MR) is 146 cm³/mol. The van der Waals surface area contributed by atoms with E-state index >= 15 is 0 Å². The van der Waals surface area contributed by atoms with Crippen LogP contribution in [0.3, 0.4) is 0 Å². The van der Waals surface area contributed by atoms with Crippen molar-refractivity contribution in [2.24, 2.45) is 0 Å². The zero-order valence-electron chi connectivity index (χ0n) is 24.8. The Kier molecular flexibility index (Phi) is 33.7. The van der Waals surface area contributed by atoms with Gasteiger partial charge in [0.15, 0.2) is 6.10 Å². The van der Waals surface area contributed by atoms with Crippen LogP contribution in [0, 0.1) is 82.9 Å². The first-order valence-corrected chi connectivity index (χ1v) is 14.2. The van der Waals surface area contributed by atoms with Crippen molar-refractivity contribution in [1.29, 1.82) is 0 Å². The van der Waals surface area contributed by atoms with Crippen LogP contribution in [-0.2, 0) is 28.2 Å². The molecule has 0 unspecified atom stereocenters. The van der Waals surface area contributed by atoms with Crippen LogP contribution in [0.4, 0.5) is 0 Å². The molecule has 0 aliphatic rings. The van der Waals surface area contributed by atoms with Crippen LogP contribution in [0.1, 0.15) is 78.1 Å². The molecule has 1 atom stereocenters. The minimum atomic E-state index is -5.32. The number of ether oxygens (including phenoxy) is 2. The Bertz CT molecular complexity index is 1300. The van der Waals surface area contributed by atoms with Gasteiger partial charge in [0.2, 0.25) is 0 Å². The molecule has 0 bridgehead atoms. The number of phosphoric ester groups is 1.